The largest absolute Gasteiger partial charge is 0.493 e. The van der Waals surface area contributed by atoms with Crippen LogP contribution in [-0.2, 0) is 6.42 Å². The SMILES string of the molecule is Cc1cc(C)c2c3c([nH]c2c1)C(c1cccc(OCC(C)C)c1)NCC3. The number of fused-ring (bicyclic) bond motifs is 3. The number of rotatable bonds is 4. The van der Waals surface area contributed by atoms with Crippen molar-refractivity contribution < 1.29 is 4.74 Å². The molecule has 1 atom stereocenters. The summed E-state index contributed by atoms with van der Waals surface area (Å²) in [6.45, 7) is 10.5. The zero-order valence-electron chi connectivity index (χ0n) is 16.1. The van der Waals surface area contributed by atoms with E-state index in [1.54, 1.807) is 0 Å². The van der Waals surface area contributed by atoms with Gasteiger partial charge in [0.25, 0.3) is 0 Å². The summed E-state index contributed by atoms with van der Waals surface area (Å²) in [5, 5.41) is 5.10. The van der Waals surface area contributed by atoms with E-state index >= 15 is 0 Å². The summed E-state index contributed by atoms with van der Waals surface area (Å²) >= 11 is 0. The van der Waals surface area contributed by atoms with Crippen LogP contribution in [-0.4, -0.2) is 18.1 Å². The Labute approximate surface area is 155 Å². The average Bonchev–Trinajstić information content (AvgIpc) is 2.98. The maximum absolute atomic E-state index is 5.94. The Morgan fingerprint density at radius 2 is 2.00 bits per heavy atom. The Morgan fingerprint density at radius 3 is 2.81 bits per heavy atom. The lowest BCUT2D eigenvalue weighted by molar-refractivity contribution is 0.270. The molecule has 1 aromatic heterocycles. The van der Waals surface area contributed by atoms with Crippen LogP contribution in [0.3, 0.4) is 0 Å². The molecular formula is C23H28N2O. The predicted molar refractivity (Wildman–Crippen MR) is 108 cm³/mol. The fourth-order valence-corrected chi connectivity index (χ4v) is 4.10. The van der Waals surface area contributed by atoms with E-state index < -0.39 is 0 Å². The van der Waals surface area contributed by atoms with Gasteiger partial charge in [-0.3, -0.25) is 0 Å². The van der Waals surface area contributed by atoms with E-state index in [1.807, 2.05) is 6.07 Å². The fourth-order valence-electron chi connectivity index (χ4n) is 4.10. The first kappa shape index (κ1) is 17.2. The number of H-pyrrole nitrogens is 1. The van der Waals surface area contributed by atoms with Crippen LogP contribution in [0.5, 0.6) is 5.75 Å². The van der Waals surface area contributed by atoms with Gasteiger partial charge in [-0.25, -0.2) is 0 Å². The third kappa shape index (κ3) is 3.12. The topological polar surface area (TPSA) is 37.0 Å². The molecule has 2 heterocycles. The Bertz CT molecular complexity index is 939. The van der Waals surface area contributed by atoms with Crippen LogP contribution >= 0.6 is 0 Å². The highest BCUT2D eigenvalue weighted by Crippen LogP contribution is 2.36. The molecule has 2 N–H and O–H groups in total. The summed E-state index contributed by atoms with van der Waals surface area (Å²) in [4.78, 5) is 3.71. The molecule has 0 spiro atoms. The molecule has 0 radical (unpaired) electrons. The molecule has 26 heavy (non-hydrogen) atoms. The molecule has 136 valence electrons. The summed E-state index contributed by atoms with van der Waals surface area (Å²) in [7, 11) is 0. The number of aryl methyl sites for hydroxylation is 2. The lowest BCUT2D eigenvalue weighted by Gasteiger charge is -2.25. The van der Waals surface area contributed by atoms with E-state index in [2.05, 4.69) is 68.3 Å². The zero-order valence-corrected chi connectivity index (χ0v) is 16.1. The Morgan fingerprint density at radius 1 is 1.15 bits per heavy atom. The van der Waals surface area contributed by atoms with Gasteiger partial charge >= 0.3 is 0 Å². The van der Waals surface area contributed by atoms with Crippen LogP contribution in [0.15, 0.2) is 36.4 Å². The van der Waals surface area contributed by atoms with Gasteiger partial charge in [-0.2, -0.15) is 0 Å². The molecule has 1 aliphatic heterocycles. The normalized spacial score (nSPS) is 16.9. The van der Waals surface area contributed by atoms with Gasteiger partial charge in [0.1, 0.15) is 5.75 Å². The molecule has 2 aromatic carbocycles. The minimum absolute atomic E-state index is 0.188. The van der Waals surface area contributed by atoms with Crippen molar-refractivity contribution in [2.45, 2.75) is 40.2 Å². The molecule has 0 amide bonds. The average molecular weight is 348 g/mol. The lowest BCUT2D eigenvalue weighted by atomic mass is 9.93. The van der Waals surface area contributed by atoms with Crippen LogP contribution in [0.2, 0.25) is 0 Å². The smallest absolute Gasteiger partial charge is 0.119 e. The minimum atomic E-state index is 0.188. The molecule has 0 bridgehead atoms. The highest BCUT2D eigenvalue weighted by molar-refractivity contribution is 5.89. The number of aromatic nitrogens is 1. The zero-order chi connectivity index (χ0) is 18.3. The maximum Gasteiger partial charge on any atom is 0.119 e. The van der Waals surface area contributed by atoms with Crippen molar-refractivity contribution in [1.82, 2.24) is 10.3 Å². The molecular weight excluding hydrogens is 320 g/mol. The van der Waals surface area contributed by atoms with Crippen molar-refractivity contribution >= 4 is 10.9 Å². The molecule has 4 rings (SSSR count). The van der Waals surface area contributed by atoms with E-state index in [9.17, 15) is 0 Å². The first-order chi connectivity index (χ1) is 12.5. The van der Waals surface area contributed by atoms with Crippen molar-refractivity contribution in [1.29, 1.82) is 0 Å². The van der Waals surface area contributed by atoms with Gasteiger partial charge in [-0.05, 0) is 66.6 Å². The van der Waals surface area contributed by atoms with Crippen molar-refractivity contribution in [3.8, 4) is 5.75 Å². The number of hydrogen-bond acceptors (Lipinski definition) is 2. The maximum atomic E-state index is 5.94. The van der Waals surface area contributed by atoms with Crippen molar-refractivity contribution in [2.24, 2.45) is 5.92 Å². The molecule has 1 unspecified atom stereocenters. The van der Waals surface area contributed by atoms with Gasteiger partial charge in [-0.15, -0.1) is 0 Å². The number of benzene rings is 2. The number of ether oxygens (including phenoxy) is 1. The summed E-state index contributed by atoms with van der Waals surface area (Å²) in [5.74, 6) is 1.48. The quantitative estimate of drug-likeness (QED) is 0.692. The first-order valence-electron chi connectivity index (χ1n) is 9.60. The molecule has 3 nitrogen and oxygen atoms in total. The van der Waals surface area contributed by atoms with Crippen molar-refractivity contribution in [3.05, 3.63) is 64.3 Å². The second kappa shape index (κ2) is 6.81. The summed E-state index contributed by atoms with van der Waals surface area (Å²) in [6, 6.07) is 13.3. The molecule has 0 saturated heterocycles. The monoisotopic (exact) mass is 348 g/mol. The highest BCUT2D eigenvalue weighted by atomic mass is 16.5. The van der Waals surface area contributed by atoms with Gasteiger partial charge < -0.3 is 15.0 Å². The third-order valence-electron chi connectivity index (χ3n) is 5.16. The fraction of sp³-hybridized carbons (Fsp3) is 0.391. The van der Waals surface area contributed by atoms with Crippen LogP contribution < -0.4 is 10.1 Å². The Hall–Kier alpha value is -2.26. The standard InChI is InChI=1S/C23H28N2O/c1-14(2)13-26-18-7-5-6-17(12-18)22-23-19(8-9-24-22)21-16(4)10-15(3)11-20(21)25-23/h5-7,10-12,14,22,24-25H,8-9,13H2,1-4H3. The van der Waals surface area contributed by atoms with Crippen LogP contribution in [0, 0.1) is 19.8 Å². The van der Waals surface area contributed by atoms with Gasteiger partial charge in [0.15, 0.2) is 0 Å². The third-order valence-corrected chi connectivity index (χ3v) is 5.16. The van der Waals surface area contributed by atoms with Crippen molar-refractivity contribution in [3.63, 3.8) is 0 Å². The first-order valence-corrected chi connectivity index (χ1v) is 9.60. The lowest BCUT2D eigenvalue weighted by Crippen LogP contribution is -2.30. The van der Waals surface area contributed by atoms with E-state index in [1.165, 1.54) is 38.9 Å². The summed E-state index contributed by atoms with van der Waals surface area (Å²) in [5.41, 5.74) is 7.96. The van der Waals surface area contributed by atoms with Gasteiger partial charge in [-0.1, -0.05) is 32.0 Å². The molecule has 0 fully saturated rings. The van der Waals surface area contributed by atoms with E-state index in [4.69, 9.17) is 4.74 Å². The van der Waals surface area contributed by atoms with Crippen LogP contribution in [0.25, 0.3) is 10.9 Å². The number of aromatic amines is 1. The van der Waals surface area contributed by atoms with Crippen LogP contribution in [0.1, 0.15) is 47.8 Å². The predicted octanol–water partition coefficient (Wildman–Crippen LogP) is 5.05. The minimum Gasteiger partial charge on any atom is -0.493 e. The van der Waals surface area contributed by atoms with Gasteiger partial charge in [0, 0.05) is 23.1 Å². The molecule has 0 aliphatic carbocycles. The van der Waals surface area contributed by atoms with Gasteiger partial charge in [0.05, 0.1) is 12.6 Å². The van der Waals surface area contributed by atoms with E-state index in [-0.39, 0.29) is 6.04 Å². The second-order valence-corrected chi connectivity index (χ2v) is 7.94. The van der Waals surface area contributed by atoms with E-state index in [0.717, 1.165) is 25.3 Å². The molecule has 0 saturated carbocycles. The number of hydrogen-bond donors (Lipinski definition) is 2. The van der Waals surface area contributed by atoms with Crippen LogP contribution in [0.4, 0.5) is 0 Å². The Kier molecular flexibility index (Phi) is 4.49. The second-order valence-electron chi connectivity index (χ2n) is 7.94. The van der Waals surface area contributed by atoms with Crippen molar-refractivity contribution in [2.75, 3.05) is 13.2 Å². The number of nitrogens with one attached hydrogen (secondary N) is 2. The molecule has 3 heteroatoms. The van der Waals surface area contributed by atoms with Gasteiger partial charge in [0.2, 0.25) is 0 Å². The molecule has 3 aromatic rings. The highest BCUT2D eigenvalue weighted by Gasteiger charge is 2.26. The summed E-state index contributed by atoms with van der Waals surface area (Å²) in [6.07, 6.45) is 1.07. The molecule has 1 aliphatic rings. The summed E-state index contributed by atoms with van der Waals surface area (Å²) < 4.78 is 5.94. The Balaban J connectivity index is 1.74. The van der Waals surface area contributed by atoms with E-state index in [0.29, 0.717) is 5.92 Å².